The van der Waals surface area contributed by atoms with Crippen LogP contribution in [0.25, 0.3) is 11.1 Å². The zero-order chi connectivity index (χ0) is 25.5. The maximum absolute atomic E-state index is 15.0. The number of rotatable bonds is 3. The highest BCUT2D eigenvalue weighted by atomic mass is 19.1. The number of nitrogens with zero attached hydrogens (tertiary/aromatic N) is 3. The summed E-state index contributed by atoms with van der Waals surface area (Å²) in [5.41, 5.74) is -0.279. The Morgan fingerprint density at radius 1 is 0.971 bits per heavy atom. The molecule has 2 aliphatic rings. The van der Waals surface area contributed by atoms with Crippen molar-refractivity contribution in [3.63, 3.8) is 0 Å². The van der Waals surface area contributed by atoms with Gasteiger partial charge in [-0.1, -0.05) is 6.07 Å². The predicted molar refractivity (Wildman–Crippen MR) is 124 cm³/mol. The summed E-state index contributed by atoms with van der Waals surface area (Å²) in [5, 5.41) is 0. The van der Waals surface area contributed by atoms with E-state index >= 15 is 4.39 Å². The van der Waals surface area contributed by atoms with Crippen LogP contribution < -0.4 is 4.90 Å². The minimum Gasteiger partial charge on any atom is -0.465 e. The second-order valence-electron chi connectivity index (χ2n) is 9.52. The van der Waals surface area contributed by atoms with E-state index in [0.717, 1.165) is 6.07 Å². The van der Waals surface area contributed by atoms with Gasteiger partial charge in [0, 0.05) is 43.0 Å². The highest BCUT2D eigenvalue weighted by Crippen LogP contribution is 2.32. The molecule has 3 amide bonds. The zero-order valence-electron chi connectivity index (χ0n) is 20.0. The molecule has 4 rings (SSSR count). The molecule has 186 valence electrons. The fourth-order valence-corrected chi connectivity index (χ4v) is 4.28. The second kappa shape index (κ2) is 9.16. The number of hydrogen-bond acceptors (Lipinski definition) is 5. The van der Waals surface area contributed by atoms with Gasteiger partial charge >= 0.3 is 18.1 Å². The molecule has 0 aliphatic carbocycles. The number of methoxy groups -OCH3 is 1. The first-order valence-electron chi connectivity index (χ1n) is 11.2. The lowest BCUT2D eigenvalue weighted by atomic mass is 10.0. The normalized spacial score (nSPS) is 17.9. The van der Waals surface area contributed by atoms with Crippen LogP contribution in [0.1, 0.15) is 31.1 Å². The van der Waals surface area contributed by atoms with Gasteiger partial charge in [0.25, 0.3) is 0 Å². The van der Waals surface area contributed by atoms with Gasteiger partial charge in [0.1, 0.15) is 17.2 Å². The van der Waals surface area contributed by atoms with E-state index in [-0.39, 0.29) is 35.3 Å². The number of hydrogen-bond donors (Lipinski definition) is 0. The zero-order valence-corrected chi connectivity index (χ0v) is 20.0. The molecular formula is C25H27F2N3O5. The molecule has 0 radical (unpaired) electrons. The van der Waals surface area contributed by atoms with E-state index in [0.29, 0.717) is 25.3 Å². The Bertz CT molecular complexity index is 1180. The van der Waals surface area contributed by atoms with E-state index in [1.165, 1.54) is 36.3 Å². The van der Waals surface area contributed by atoms with Gasteiger partial charge in [-0.15, -0.1) is 0 Å². The molecule has 0 saturated carbocycles. The standard InChI is InChI=1S/C25H27F2N3O5/c1-25(2,3)35-24(33)28-9-10-29-17(13-28)14-30(23(29)32)16-6-8-19(21(27)12-16)18-7-5-15(11-20(18)26)22(31)34-4/h5-8,11-12,17H,9-10,13-14H2,1-4H3/t17-/m0/s1. The van der Waals surface area contributed by atoms with Crippen molar-refractivity contribution in [1.82, 2.24) is 9.80 Å². The third-order valence-electron chi connectivity index (χ3n) is 5.95. The molecular weight excluding hydrogens is 460 g/mol. The number of esters is 1. The van der Waals surface area contributed by atoms with Gasteiger partial charge in [0.15, 0.2) is 0 Å². The Balaban J connectivity index is 1.51. The largest absolute Gasteiger partial charge is 0.465 e. The summed E-state index contributed by atoms with van der Waals surface area (Å²) in [6.07, 6.45) is -0.432. The Kier molecular flexibility index (Phi) is 6.40. The van der Waals surface area contributed by atoms with E-state index in [2.05, 4.69) is 4.74 Å². The van der Waals surface area contributed by atoms with Gasteiger partial charge < -0.3 is 19.3 Å². The number of urea groups is 1. The Morgan fingerprint density at radius 3 is 2.23 bits per heavy atom. The minimum absolute atomic E-state index is 0.00290. The summed E-state index contributed by atoms with van der Waals surface area (Å²) in [7, 11) is 1.19. The van der Waals surface area contributed by atoms with Crippen molar-refractivity contribution < 1.29 is 32.6 Å². The summed E-state index contributed by atoms with van der Waals surface area (Å²) in [5.74, 6) is -2.17. The number of benzene rings is 2. The van der Waals surface area contributed by atoms with Crippen molar-refractivity contribution in [3.8, 4) is 11.1 Å². The lowest BCUT2D eigenvalue weighted by Gasteiger charge is -2.36. The Labute approximate surface area is 202 Å². The molecule has 0 unspecified atom stereocenters. The predicted octanol–water partition coefficient (Wildman–Crippen LogP) is 4.28. The van der Waals surface area contributed by atoms with Crippen LogP contribution in [0, 0.1) is 11.6 Å². The summed E-state index contributed by atoms with van der Waals surface area (Å²) < 4.78 is 39.6. The van der Waals surface area contributed by atoms with Crippen LogP contribution in [-0.4, -0.2) is 72.8 Å². The topological polar surface area (TPSA) is 79.4 Å². The molecule has 35 heavy (non-hydrogen) atoms. The second-order valence-corrected chi connectivity index (χ2v) is 9.52. The van der Waals surface area contributed by atoms with E-state index in [9.17, 15) is 18.8 Å². The van der Waals surface area contributed by atoms with E-state index in [4.69, 9.17) is 4.74 Å². The van der Waals surface area contributed by atoms with Crippen LogP contribution in [0.15, 0.2) is 36.4 Å². The molecule has 2 fully saturated rings. The first kappa shape index (κ1) is 24.4. The number of anilines is 1. The van der Waals surface area contributed by atoms with Crippen molar-refractivity contribution in [2.45, 2.75) is 32.4 Å². The highest BCUT2D eigenvalue weighted by molar-refractivity contribution is 5.95. The number of ether oxygens (including phenoxy) is 2. The van der Waals surface area contributed by atoms with Crippen molar-refractivity contribution in [3.05, 3.63) is 53.6 Å². The average Bonchev–Trinajstić information content (AvgIpc) is 3.13. The minimum atomic E-state index is -0.767. The average molecular weight is 488 g/mol. The molecule has 2 aromatic carbocycles. The number of carbonyl (C=O) groups is 3. The molecule has 2 aromatic rings. The van der Waals surface area contributed by atoms with Crippen molar-refractivity contribution in [2.75, 3.05) is 38.2 Å². The molecule has 2 saturated heterocycles. The monoisotopic (exact) mass is 487 g/mol. The Morgan fingerprint density at radius 2 is 1.63 bits per heavy atom. The molecule has 0 spiro atoms. The molecule has 8 nitrogen and oxygen atoms in total. The van der Waals surface area contributed by atoms with Crippen LogP contribution in [0.4, 0.5) is 24.1 Å². The number of halogens is 2. The number of carbonyl (C=O) groups excluding carboxylic acids is 3. The van der Waals surface area contributed by atoms with Crippen molar-refractivity contribution >= 4 is 23.8 Å². The highest BCUT2D eigenvalue weighted by Gasteiger charge is 2.43. The van der Waals surface area contributed by atoms with Crippen LogP contribution in [0.5, 0.6) is 0 Å². The van der Waals surface area contributed by atoms with Crippen LogP contribution >= 0.6 is 0 Å². The van der Waals surface area contributed by atoms with Gasteiger partial charge in [-0.2, -0.15) is 0 Å². The van der Waals surface area contributed by atoms with Crippen LogP contribution in [0.3, 0.4) is 0 Å². The smallest absolute Gasteiger partial charge is 0.410 e. The van der Waals surface area contributed by atoms with Crippen molar-refractivity contribution in [1.29, 1.82) is 0 Å². The molecule has 2 aliphatic heterocycles. The SMILES string of the molecule is COC(=O)c1ccc(-c2ccc(N3C[C@@H]4CN(C(=O)OC(C)(C)C)CCN4C3=O)cc2F)c(F)c1. The molecule has 2 heterocycles. The fourth-order valence-electron chi connectivity index (χ4n) is 4.28. The third kappa shape index (κ3) is 4.91. The summed E-state index contributed by atoms with van der Waals surface area (Å²) in [6.45, 7) is 6.66. The molecule has 1 atom stereocenters. The van der Waals surface area contributed by atoms with Gasteiger partial charge in [-0.3, -0.25) is 4.90 Å². The maximum atomic E-state index is 15.0. The quantitative estimate of drug-likeness (QED) is 0.604. The maximum Gasteiger partial charge on any atom is 0.410 e. The van der Waals surface area contributed by atoms with E-state index < -0.39 is 29.3 Å². The molecule has 0 bridgehead atoms. The number of fused-ring (bicyclic) bond motifs is 1. The van der Waals surface area contributed by atoms with Crippen LogP contribution in [0.2, 0.25) is 0 Å². The van der Waals surface area contributed by atoms with Gasteiger partial charge in [-0.05, 0) is 51.1 Å². The molecule has 0 N–H and O–H groups in total. The van der Waals surface area contributed by atoms with E-state index in [1.54, 1.807) is 36.6 Å². The summed E-state index contributed by atoms with van der Waals surface area (Å²) in [4.78, 5) is 41.7. The first-order valence-corrected chi connectivity index (χ1v) is 11.2. The number of piperazine rings is 1. The summed E-state index contributed by atoms with van der Waals surface area (Å²) in [6, 6.07) is 7.27. The first-order chi connectivity index (χ1) is 16.5. The van der Waals surface area contributed by atoms with Gasteiger partial charge in [-0.25, -0.2) is 23.2 Å². The summed E-state index contributed by atoms with van der Waals surface area (Å²) >= 11 is 0. The fraction of sp³-hybridized carbons (Fsp3) is 0.400. The lowest BCUT2D eigenvalue weighted by Crippen LogP contribution is -2.54. The van der Waals surface area contributed by atoms with Crippen molar-refractivity contribution in [2.24, 2.45) is 0 Å². The third-order valence-corrected chi connectivity index (χ3v) is 5.95. The Hall–Kier alpha value is -3.69. The van der Waals surface area contributed by atoms with Gasteiger partial charge in [0.2, 0.25) is 0 Å². The molecule has 10 heteroatoms. The van der Waals surface area contributed by atoms with Gasteiger partial charge in [0.05, 0.1) is 18.7 Å². The van der Waals surface area contributed by atoms with Crippen LogP contribution in [-0.2, 0) is 9.47 Å². The van der Waals surface area contributed by atoms with E-state index in [1.807, 2.05) is 0 Å². The molecule has 0 aromatic heterocycles. The number of amides is 3. The lowest BCUT2D eigenvalue weighted by molar-refractivity contribution is 0.0128.